The quantitative estimate of drug-likeness (QED) is 0.265. The van der Waals surface area contributed by atoms with Crippen molar-refractivity contribution in [3.63, 3.8) is 0 Å². The number of aryl methyl sites for hydroxylation is 1. The number of aromatic nitrogens is 3. The Bertz CT molecular complexity index is 1180. The number of hydrogen-bond acceptors (Lipinski definition) is 8. The number of carbonyl (C=O) groups excluding carboxylic acids is 2. The maximum atomic E-state index is 12.5. The highest BCUT2D eigenvalue weighted by Crippen LogP contribution is 2.21. The molecule has 2 N–H and O–H groups in total. The molecule has 2 heterocycles. The standard InChI is InChI=1S/C21H21ClN4O4S2/c1-3-30-18(28)8-15-11-32-21(24-15)25-17(27)9-16-12(2)23-20(26-19(16)29)31-10-13-5-4-6-14(22)7-13/h4-7,11H,3,8-10H2,1-2H3,(H,23,26,29)(H,24,25,27). The number of ether oxygens (including phenoxy) is 1. The van der Waals surface area contributed by atoms with E-state index in [4.69, 9.17) is 16.3 Å². The van der Waals surface area contributed by atoms with Gasteiger partial charge in [0.05, 0.1) is 25.1 Å². The summed E-state index contributed by atoms with van der Waals surface area (Å²) in [7, 11) is 0. The van der Waals surface area contributed by atoms with E-state index in [1.807, 2.05) is 18.2 Å². The SMILES string of the molecule is CCOC(=O)Cc1csc(NC(=O)Cc2c(C)nc(SCc3cccc(Cl)c3)[nH]c2=O)n1. The van der Waals surface area contributed by atoms with Gasteiger partial charge in [0.1, 0.15) is 0 Å². The average molecular weight is 493 g/mol. The average Bonchev–Trinajstić information content (AvgIpc) is 3.16. The first-order valence-electron chi connectivity index (χ1n) is 9.71. The van der Waals surface area contributed by atoms with Crippen LogP contribution < -0.4 is 10.9 Å². The fraction of sp³-hybridized carbons (Fsp3) is 0.286. The van der Waals surface area contributed by atoms with Gasteiger partial charge >= 0.3 is 5.97 Å². The molecule has 0 radical (unpaired) electrons. The van der Waals surface area contributed by atoms with Crippen molar-refractivity contribution >= 4 is 51.7 Å². The first kappa shape index (κ1) is 24.0. The van der Waals surface area contributed by atoms with Crippen molar-refractivity contribution in [3.05, 3.63) is 67.5 Å². The van der Waals surface area contributed by atoms with Gasteiger partial charge in [0.25, 0.3) is 5.56 Å². The molecule has 3 rings (SSSR count). The fourth-order valence-corrected chi connectivity index (χ4v) is 4.56. The lowest BCUT2D eigenvalue weighted by Gasteiger charge is -2.07. The molecular formula is C21H21ClN4O4S2. The van der Waals surface area contributed by atoms with Crippen LogP contribution in [0.25, 0.3) is 0 Å². The monoisotopic (exact) mass is 492 g/mol. The number of amides is 1. The Labute approximate surface area is 197 Å². The molecule has 11 heteroatoms. The molecule has 0 fully saturated rings. The lowest BCUT2D eigenvalue weighted by atomic mass is 10.1. The van der Waals surface area contributed by atoms with Gasteiger partial charge in [-0.15, -0.1) is 11.3 Å². The van der Waals surface area contributed by atoms with Crippen LogP contribution in [0.4, 0.5) is 5.13 Å². The number of thioether (sulfide) groups is 1. The number of nitrogens with zero attached hydrogens (tertiary/aromatic N) is 2. The van der Waals surface area contributed by atoms with E-state index in [1.54, 1.807) is 25.3 Å². The molecule has 1 aromatic carbocycles. The summed E-state index contributed by atoms with van der Waals surface area (Å²) in [4.78, 5) is 47.8. The zero-order valence-electron chi connectivity index (χ0n) is 17.4. The summed E-state index contributed by atoms with van der Waals surface area (Å²) in [6, 6.07) is 7.46. The second-order valence-corrected chi connectivity index (χ2v) is 8.96. The Morgan fingerprint density at radius 2 is 2.09 bits per heavy atom. The maximum absolute atomic E-state index is 12.5. The van der Waals surface area contributed by atoms with Gasteiger partial charge in [0.15, 0.2) is 10.3 Å². The molecule has 8 nitrogen and oxygen atoms in total. The van der Waals surface area contributed by atoms with Gasteiger partial charge in [0.2, 0.25) is 5.91 Å². The van der Waals surface area contributed by atoms with E-state index < -0.39 is 5.91 Å². The van der Waals surface area contributed by atoms with Crippen LogP contribution in [0.1, 0.15) is 29.4 Å². The second-order valence-electron chi connectivity index (χ2n) is 6.70. The summed E-state index contributed by atoms with van der Waals surface area (Å²) in [5, 5.41) is 5.81. The molecule has 0 aliphatic rings. The molecule has 168 valence electrons. The highest BCUT2D eigenvalue weighted by molar-refractivity contribution is 7.98. The fourth-order valence-electron chi connectivity index (χ4n) is 2.77. The second kappa shape index (κ2) is 11.3. The van der Waals surface area contributed by atoms with Gasteiger partial charge in [-0.05, 0) is 31.5 Å². The number of esters is 1. The third-order valence-corrected chi connectivity index (χ3v) is 6.22. The molecule has 0 aliphatic carbocycles. The molecule has 0 saturated heterocycles. The third kappa shape index (κ3) is 6.91. The number of halogens is 1. The normalized spacial score (nSPS) is 10.7. The van der Waals surface area contributed by atoms with Crippen LogP contribution in [0.5, 0.6) is 0 Å². The van der Waals surface area contributed by atoms with E-state index in [-0.39, 0.29) is 29.9 Å². The molecule has 0 atom stereocenters. The van der Waals surface area contributed by atoms with Crippen LogP contribution in [0.2, 0.25) is 5.02 Å². The van der Waals surface area contributed by atoms with Gasteiger partial charge in [0, 0.05) is 27.4 Å². The topological polar surface area (TPSA) is 114 Å². The largest absolute Gasteiger partial charge is 0.466 e. The van der Waals surface area contributed by atoms with Crippen molar-refractivity contribution in [2.24, 2.45) is 0 Å². The molecule has 32 heavy (non-hydrogen) atoms. The minimum absolute atomic E-state index is 0.0389. The molecular weight excluding hydrogens is 472 g/mol. The van der Waals surface area contributed by atoms with Crippen molar-refractivity contribution in [3.8, 4) is 0 Å². The lowest BCUT2D eigenvalue weighted by molar-refractivity contribution is -0.142. The van der Waals surface area contributed by atoms with Crippen molar-refractivity contribution in [1.29, 1.82) is 0 Å². The summed E-state index contributed by atoms with van der Waals surface area (Å²) in [5.74, 6) is -0.171. The summed E-state index contributed by atoms with van der Waals surface area (Å²) in [5.41, 5.74) is 1.94. The minimum atomic E-state index is -0.392. The summed E-state index contributed by atoms with van der Waals surface area (Å²) in [6.07, 6.45) is -0.0998. The number of hydrogen-bond donors (Lipinski definition) is 2. The van der Waals surface area contributed by atoms with Gasteiger partial charge in [-0.2, -0.15) is 0 Å². The van der Waals surface area contributed by atoms with Gasteiger partial charge in [-0.25, -0.2) is 9.97 Å². The van der Waals surface area contributed by atoms with Crippen molar-refractivity contribution in [2.75, 3.05) is 11.9 Å². The van der Waals surface area contributed by atoms with Crippen LogP contribution in [0.15, 0.2) is 39.6 Å². The van der Waals surface area contributed by atoms with E-state index in [0.29, 0.717) is 39.1 Å². The summed E-state index contributed by atoms with van der Waals surface area (Å²) < 4.78 is 4.88. The highest BCUT2D eigenvalue weighted by atomic mass is 35.5. The number of anilines is 1. The van der Waals surface area contributed by atoms with E-state index >= 15 is 0 Å². The zero-order valence-corrected chi connectivity index (χ0v) is 19.8. The molecule has 3 aromatic rings. The summed E-state index contributed by atoms with van der Waals surface area (Å²) >= 11 is 8.58. The molecule has 1 amide bonds. The lowest BCUT2D eigenvalue weighted by Crippen LogP contribution is -2.23. The van der Waals surface area contributed by atoms with E-state index in [0.717, 1.165) is 5.56 Å². The van der Waals surface area contributed by atoms with Crippen molar-refractivity contribution in [1.82, 2.24) is 15.0 Å². The molecule has 0 unspecified atom stereocenters. The number of thiazole rings is 1. The molecule has 0 spiro atoms. The van der Waals surface area contributed by atoms with Crippen LogP contribution in [-0.4, -0.2) is 33.4 Å². The van der Waals surface area contributed by atoms with Gasteiger partial charge in [-0.1, -0.05) is 35.5 Å². The Hall–Kier alpha value is -2.69. The number of benzene rings is 1. The van der Waals surface area contributed by atoms with Gasteiger partial charge < -0.3 is 15.0 Å². The predicted molar refractivity (Wildman–Crippen MR) is 125 cm³/mol. The Kier molecular flexibility index (Phi) is 8.43. The predicted octanol–water partition coefficient (Wildman–Crippen LogP) is 3.77. The number of aromatic amines is 1. The van der Waals surface area contributed by atoms with E-state index in [1.165, 1.54) is 23.1 Å². The van der Waals surface area contributed by atoms with Crippen LogP contribution in [0.3, 0.4) is 0 Å². The van der Waals surface area contributed by atoms with Crippen LogP contribution >= 0.6 is 34.7 Å². The summed E-state index contributed by atoms with van der Waals surface area (Å²) in [6.45, 7) is 3.72. The molecule has 0 bridgehead atoms. The Balaban J connectivity index is 1.59. The van der Waals surface area contributed by atoms with Crippen molar-refractivity contribution in [2.45, 2.75) is 37.6 Å². The number of rotatable bonds is 9. The first-order valence-corrected chi connectivity index (χ1v) is 11.9. The van der Waals surface area contributed by atoms with Crippen molar-refractivity contribution < 1.29 is 14.3 Å². The van der Waals surface area contributed by atoms with E-state index in [9.17, 15) is 14.4 Å². The molecule has 2 aromatic heterocycles. The molecule has 0 aliphatic heterocycles. The van der Waals surface area contributed by atoms with Crippen LogP contribution in [-0.2, 0) is 32.9 Å². The highest BCUT2D eigenvalue weighted by Gasteiger charge is 2.15. The number of H-pyrrole nitrogens is 1. The minimum Gasteiger partial charge on any atom is -0.466 e. The zero-order chi connectivity index (χ0) is 23.1. The Morgan fingerprint density at radius 3 is 2.81 bits per heavy atom. The number of carbonyl (C=O) groups is 2. The van der Waals surface area contributed by atoms with Gasteiger partial charge in [-0.3, -0.25) is 14.4 Å². The first-order chi connectivity index (χ1) is 15.3. The van der Waals surface area contributed by atoms with Crippen LogP contribution in [0, 0.1) is 6.92 Å². The Morgan fingerprint density at radius 1 is 1.28 bits per heavy atom. The van der Waals surface area contributed by atoms with E-state index in [2.05, 4.69) is 20.3 Å². The third-order valence-electron chi connectivity index (χ3n) is 4.23. The smallest absolute Gasteiger partial charge is 0.311 e. The maximum Gasteiger partial charge on any atom is 0.311 e. The number of nitrogens with one attached hydrogen (secondary N) is 2. The molecule has 0 saturated carbocycles.